The molecule has 2 rings (SSSR count). The molecule has 1 aromatic carbocycles. The van der Waals surface area contributed by atoms with Crippen LogP contribution in [0.25, 0.3) is 0 Å². The van der Waals surface area contributed by atoms with Crippen LogP contribution in [0.1, 0.15) is 28.2 Å². The van der Waals surface area contributed by atoms with Crippen LogP contribution in [0.4, 0.5) is 5.95 Å². The molecule has 0 aliphatic carbocycles. The number of rotatable bonds is 8. The highest BCUT2D eigenvalue weighted by Gasteiger charge is 2.11. The van der Waals surface area contributed by atoms with E-state index < -0.39 is 0 Å². The highest BCUT2D eigenvalue weighted by Crippen LogP contribution is 2.14. The van der Waals surface area contributed by atoms with Crippen molar-refractivity contribution in [3.63, 3.8) is 0 Å². The van der Waals surface area contributed by atoms with Crippen molar-refractivity contribution in [2.75, 3.05) is 25.6 Å². The summed E-state index contributed by atoms with van der Waals surface area (Å²) in [5.41, 5.74) is 1.90. The summed E-state index contributed by atoms with van der Waals surface area (Å²) in [4.78, 5) is 20.9. The number of anilines is 1. The number of amides is 1. The summed E-state index contributed by atoms with van der Waals surface area (Å²) in [5, 5.41) is 6.54. The van der Waals surface area contributed by atoms with E-state index in [1.165, 1.54) is 0 Å². The van der Waals surface area contributed by atoms with Crippen molar-refractivity contribution in [1.29, 1.82) is 0 Å². The zero-order valence-electron chi connectivity index (χ0n) is 13.8. The molecule has 0 bridgehead atoms. The van der Waals surface area contributed by atoms with Crippen LogP contribution < -0.4 is 10.6 Å². The Labute approximate surface area is 146 Å². The van der Waals surface area contributed by atoms with E-state index in [-0.39, 0.29) is 5.91 Å². The van der Waals surface area contributed by atoms with Crippen molar-refractivity contribution >= 4 is 23.5 Å². The largest absolute Gasteiger partial charge is 0.385 e. The summed E-state index contributed by atoms with van der Waals surface area (Å²) in [6.45, 7) is 3.51. The van der Waals surface area contributed by atoms with Crippen molar-refractivity contribution in [2.45, 2.75) is 19.9 Å². The molecule has 7 heteroatoms. The van der Waals surface area contributed by atoms with Gasteiger partial charge in [-0.05, 0) is 31.0 Å². The molecule has 0 atom stereocenters. The minimum Gasteiger partial charge on any atom is -0.385 e. The average Bonchev–Trinajstić information content (AvgIpc) is 2.57. The van der Waals surface area contributed by atoms with Gasteiger partial charge in [-0.2, -0.15) is 0 Å². The number of benzene rings is 1. The highest BCUT2D eigenvalue weighted by molar-refractivity contribution is 6.31. The fourth-order valence-electron chi connectivity index (χ4n) is 2.09. The summed E-state index contributed by atoms with van der Waals surface area (Å²) in [6, 6.07) is 9.05. The number of nitrogens with zero attached hydrogens (tertiary/aromatic N) is 2. The van der Waals surface area contributed by atoms with Crippen LogP contribution in [-0.4, -0.2) is 36.1 Å². The third kappa shape index (κ3) is 5.47. The second-order valence-electron chi connectivity index (χ2n) is 5.27. The minimum atomic E-state index is -0.264. The number of aryl methyl sites for hydroxylation is 1. The number of halogens is 1. The number of carbonyl (C=O) groups is 1. The van der Waals surface area contributed by atoms with E-state index in [0.29, 0.717) is 36.4 Å². The molecule has 6 nitrogen and oxygen atoms in total. The molecule has 0 spiro atoms. The lowest BCUT2D eigenvalue weighted by Gasteiger charge is -2.09. The maximum absolute atomic E-state index is 12.3. The van der Waals surface area contributed by atoms with Gasteiger partial charge in [0, 0.05) is 37.5 Å². The van der Waals surface area contributed by atoms with E-state index in [2.05, 4.69) is 20.6 Å². The Hall–Kier alpha value is -2.18. The summed E-state index contributed by atoms with van der Waals surface area (Å²) >= 11 is 6.09. The number of hydrogen-bond donors (Lipinski definition) is 2. The first-order chi connectivity index (χ1) is 11.6. The summed E-state index contributed by atoms with van der Waals surface area (Å²) in [6.07, 6.45) is 0.835. The van der Waals surface area contributed by atoms with Gasteiger partial charge in [-0.25, -0.2) is 9.97 Å². The molecule has 1 amide bonds. The Kier molecular flexibility index (Phi) is 6.96. The van der Waals surface area contributed by atoms with Gasteiger partial charge in [-0.1, -0.05) is 29.8 Å². The van der Waals surface area contributed by atoms with Crippen LogP contribution >= 0.6 is 11.6 Å². The molecule has 0 fully saturated rings. The van der Waals surface area contributed by atoms with Crippen molar-refractivity contribution in [3.8, 4) is 0 Å². The van der Waals surface area contributed by atoms with Gasteiger partial charge in [0.2, 0.25) is 5.95 Å². The SMILES string of the molecule is COCCCNc1nc(C)cc(C(=O)NCc2ccccc2Cl)n1. The van der Waals surface area contributed by atoms with Crippen LogP contribution in [0.3, 0.4) is 0 Å². The Morgan fingerprint density at radius 3 is 2.83 bits per heavy atom. The van der Waals surface area contributed by atoms with Gasteiger partial charge in [-0.15, -0.1) is 0 Å². The first-order valence-corrected chi connectivity index (χ1v) is 8.08. The number of ether oxygens (including phenoxy) is 1. The lowest BCUT2D eigenvalue weighted by Crippen LogP contribution is -2.24. The molecule has 0 aliphatic heterocycles. The van der Waals surface area contributed by atoms with Crippen LogP contribution in [0.15, 0.2) is 30.3 Å². The third-order valence-corrected chi connectivity index (χ3v) is 3.66. The molecule has 0 saturated carbocycles. The monoisotopic (exact) mass is 348 g/mol. The summed E-state index contributed by atoms with van der Waals surface area (Å²) in [7, 11) is 1.66. The van der Waals surface area contributed by atoms with Gasteiger partial charge >= 0.3 is 0 Å². The van der Waals surface area contributed by atoms with Gasteiger partial charge < -0.3 is 15.4 Å². The molecule has 0 aliphatic rings. The quantitative estimate of drug-likeness (QED) is 0.717. The zero-order chi connectivity index (χ0) is 17.4. The molecule has 2 aromatic rings. The maximum Gasteiger partial charge on any atom is 0.270 e. The van der Waals surface area contributed by atoms with Gasteiger partial charge in [0.05, 0.1) is 0 Å². The Balaban J connectivity index is 1.98. The van der Waals surface area contributed by atoms with E-state index in [1.54, 1.807) is 19.2 Å². The van der Waals surface area contributed by atoms with E-state index in [4.69, 9.17) is 16.3 Å². The lowest BCUT2D eigenvalue weighted by molar-refractivity contribution is 0.0945. The molecule has 24 heavy (non-hydrogen) atoms. The molecule has 0 radical (unpaired) electrons. The van der Waals surface area contributed by atoms with Crippen molar-refractivity contribution in [1.82, 2.24) is 15.3 Å². The highest BCUT2D eigenvalue weighted by atomic mass is 35.5. The molecular weight excluding hydrogens is 328 g/mol. The predicted molar refractivity (Wildman–Crippen MR) is 94.4 cm³/mol. The van der Waals surface area contributed by atoms with Crippen molar-refractivity contribution in [3.05, 3.63) is 52.3 Å². The van der Waals surface area contributed by atoms with Gasteiger partial charge in [0.25, 0.3) is 5.91 Å². The van der Waals surface area contributed by atoms with Gasteiger partial charge in [0.1, 0.15) is 5.69 Å². The van der Waals surface area contributed by atoms with E-state index in [1.807, 2.05) is 25.1 Å². The van der Waals surface area contributed by atoms with Gasteiger partial charge in [0.15, 0.2) is 0 Å². The molecule has 128 valence electrons. The summed E-state index contributed by atoms with van der Waals surface area (Å²) < 4.78 is 4.99. The summed E-state index contributed by atoms with van der Waals surface area (Å²) in [5.74, 6) is 0.175. The number of methoxy groups -OCH3 is 1. The van der Waals surface area contributed by atoms with Crippen LogP contribution in [0.5, 0.6) is 0 Å². The Bertz CT molecular complexity index is 694. The second kappa shape index (κ2) is 9.20. The van der Waals surface area contributed by atoms with Gasteiger partial charge in [-0.3, -0.25) is 4.79 Å². The fraction of sp³-hybridized carbons (Fsp3) is 0.353. The maximum atomic E-state index is 12.3. The lowest BCUT2D eigenvalue weighted by atomic mass is 10.2. The first kappa shape index (κ1) is 18.2. The molecule has 1 aromatic heterocycles. The van der Waals surface area contributed by atoms with E-state index >= 15 is 0 Å². The molecule has 0 saturated heterocycles. The smallest absolute Gasteiger partial charge is 0.270 e. The van der Waals surface area contributed by atoms with Crippen LogP contribution in [0, 0.1) is 6.92 Å². The Morgan fingerprint density at radius 1 is 1.29 bits per heavy atom. The van der Waals surface area contributed by atoms with E-state index in [0.717, 1.165) is 17.7 Å². The molecular formula is C17H21ClN4O2. The fourth-order valence-corrected chi connectivity index (χ4v) is 2.29. The number of carbonyl (C=O) groups excluding carboxylic acids is 1. The minimum absolute atomic E-state index is 0.264. The zero-order valence-corrected chi connectivity index (χ0v) is 14.6. The van der Waals surface area contributed by atoms with Crippen LogP contribution in [-0.2, 0) is 11.3 Å². The second-order valence-corrected chi connectivity index (χ2v) is 5.67. The first-order valence-electron chi connectivity index (χ1n) is 7.70. The Morgan fingerprint density at radius 2 is 2.08 bits per heavy atom. The normalized spacial score (nSPS) is 10.5. The average molecular weight is 349 g/mol. The molecule has 1 heterocycles. The predicted octanol–water partition coefficient (Wildman–Crippen LogP) is 2.82. The number of aromatic nitrogens is 2. The van der Waals surface area contributed by atoms with Crippen LogP contribution in [0.2, 0.25) is 5.02 Å². The number of hydrogen-bond acceptors (Lipinski definition) is 5. The topological polar surface area (TPSA) is 76.1 Å². The van der Waals surface area contributed by atoms with Crippen molar-refractivity contribution < 1.29 is 9.53 Å². The number of nitrogens with one attached hydrogen (secondary N) is 2. The molecule has 2 N–H and O–H groups in total. The third-order valence-electron chi connectivity index (χ3n) is 3.29. The molecule has 0 unspecified atom stereocenters. The van der Waals surface area contributed by atoms with Crippen molar-refractivity contribution in [2.24, 2.45) is 0 Å². The van der Waals surface area contributed by atoms with E-state index in [9.17, 15) is 4.79 Å². The standard InChI is InChI=1S/C17H21ClN4O2/c1-12-10-15(22-17(21-12)19-8-5-9-24-2)16(23)20-11-13-6-3-4-7-14(13)18/h3-4,6-7,10H,5,8-9,11H2,1-2H3,(H,20,23)(H,19,21,22).